The van der Waals surface area contributed by atoms with Crippen LogP contribution in [0.1, 0.15) is 12.8 Å². The smallest absolute Gasteiger partial charge is 0.139 e. The molecule has 18 heavy (non-hydrogen) atoms. The van der Waals surface area contributed by atoms with Gasteiger partial charge in [0.25, 0.3) is 0 Å². The third-order valence-corrected chi connectivity index (χ3v) is 3.65. The van der Waals surface area contributed by atoms with Crippen LogP contribution in [0.4, 0.5) is 0 Å². The Balaban J connectivity index is 1.89. The molecule has 1 unspecified atom stereocenters. The zero-order chi connectivity index (χ0) is 12.4. The highest BCUT2D eigenvalue weighted by Crippen LogP contribution is 2.33. The van der Waals surface area contributed by atoms with Crippen molar-refractivity contribution < 1.29 is 4.74 Å². The van der Waals surface area contributed by atoms with E-state index in [1.165, 1.54) is 0 Å². The average molecular weight is 263 g/mol. The number of nitrogens with one attached hydrogen (secondary N) is 1. The average Bonchev–Trinajstić information content (AvgIpc) is 2.43. The van der Waals surface area contributed by atoms with Crippen LogP contribution >= 0.6 is 11.6 Å². The van der Waals surface area contributed by atoms with Gasteiger partial charge in [-0.2, -0.15) is 0 Å². The van der Waals surface area contributed by atoms with Gasteiger partial charge in [0.05, 0.1) is 5.02 Å². The van der Waals surface area contributed by atoms with Gasteiger partial charge in [-0.3, -0.25) is 4.98 Å². The SMILES string of the molecule is Clc1c(OC2CCCNC2)ccc2cnccc12. The first-order chi connectivity index (χ1) is 8.84. The van der Waals surface area contributed by atoms with Gasteiger partial charge in [-0.25, -0.2) is 0 Å². The van der Waals surface area contributed by atoms with Gasteiger partial charge in [-0.1, -0.05) is 11.6 Å². The Morgan fingerprint density at radius 1 is 1.33 bits per heavy atom. The highest BCUT2D eigenvalue weighted by molar-refractivity contribution is 6.37. The van der Waals surface area contributed by atoms with Crippen molar-refractivity contribution in [1.82, 2.24) is 10.3 Å². The topological polar surface area (TPSA) is 34.1 Å². The molecule has 1 saturated heterocycles. The van der Waals surface area contributed by atoms with Crippen LogP contribution in [0.15, 0.2) is 30.6 Å². The number of hydrogen-bond donors (Lipinski definition) is 1. The molecule has 94 valence electrons. The Kier molecular flexibility index (Phi) is 3.35. The fourth-order valence-electron chi connectivity index (χ4n) is 2.30. The number of halogens is 1. The van der Waals surface area contributed by atoms with Gasteiger partial charge in [0.1, 0.15) is 11.9 Å². The van der Waals surface area contributed by atoms with E-state index >= 15 is 0 Å². The van der Waals surface area contributed by atoms with Crippen LogP contribution in [0.25, 0.3) is 10.8 Å². The number of fused-ring (bicyclic) bond motifs is 1. The van der Waals surface area contributed by atoms with Gasteiger partial charge in [-0.15, -0.1) is 0 Å². The minimum Gasteiger partial charge on any atom is -0.488 e. The van der Waals surface area contributed by atoms with E-state index in [1.807, 2.05) is 24.4 Å². The van der Waals surface area contributed by atoms with E-state index in [2.05, 4.69) is 10.3 Å². The lowest BCUT2D eigenvalue weighted by molar-refractivity contribution is 0.167. The highest BCUT2D eigenvalue weighted by Gasteiger charge is 2.16. The maximum Gasteiger partial charge on any atom is 0.139 e. The molecule has 1 fully saturated rings. The van der Waals surface area contributed by atoms with Gasteiger partial charge >= 0.3 is 0 Å². The molecule has 4 heteroatoms. The number of hydrogen-bond acceptors (Lipinski definition) is 3. The first-order valence-corrected chi connectivity index (χ1v) is 6.62. The summed E-state index contributed by atoms with van der Waals surface area (Å²) in [4.78, 5) is 4.09. The summed E-state index contributed by atoms with van der Waals surface area (Å²) < 4.78 is 5.98. The van der Waals surface area contributed by atoms with Crippen LogP contribution in [0.5, 0.6) is 5.75 Å². The molecule has 0 saturated carbocycles. The molecular weight excluding hydrogens is 248 g/mol. The van der Waals surface area contributed by atoms with E-state index in [0.29, 0.717) is 5.02 Å². The quantitative estimate of drug-likeness (QED) is 0.903. The van der Waals surface area contributed by atoms with Crippen molar-refractivity contribution in [1.29, 1.82) is 0 Å². The number of rotatable bonds is 2. The second-order valence-electron chi connectivity index (χ2n) is 4.56. The first-order valence-electron chi connectivity index (χ1n) is 6.24. The number of piperidine rings is 1. The largest absolute Gasteiger partial charge is 0.488 e. The zero-order valence-electron chi connectivity index (χ0n) is 10.0. The van der Waals surface area contributed by atoms with Crippen LogP contribution in [-0.2, 0) is 0 Å². The number of ether oxygens (including phenoxy) is 1. The van der Waals surface area contributed by atoms with Gasteiger partial charge in [-0.05, 0) is 37.6 Å². The van der Waals surface area contributed by atoms with Gasteiger partial charge in [0, 0.05) is 29.7 Å². The second-order valence-corrected chi connectivity index (χ2v) is 4.94. The molecule has 2 heterocycles. The molecule has 1 aliphatic rings. The summed E-state index contributed by atoms with van der Waals surface area (Å²) in [5.41, 5.74) is 0. The lowest BCUT2D eigenvalue weighted by Gasteiger charge is -2.24. The number of aromatic nitrogens is 1. The predicted octanol–water partition coefficient (Wildman–Crippen LogP) is 3.02. The van der Waals surface area contributed by atoms with Crippen molar-refractivity contribution in [2.45, 2.75) is 18.9 Å². The van der Waals surface area contributed by atoms with Crippen LogP contribution in [-0.4, -0.2) is 24.2 Å². The van der Waals surface area contributed by atoms with Crippen LogP contribution < -0.4 is 10.1 Å². The molecule has 1 aromatic heterocycles. The number of benzene rings is 1. The molecule has 0 bridgehead atoms. The van der Waals surface area contributed by atoms with Gasteiger partial charge in [0.15, 0.2) is 0 Å². The van der Waals surface area contributed by atoms with Crippen LogP contribution in [0.3, 0.4) is 0 Å². The Morgan fingerprint density at radius 3 is 3.11 bits per heavy atom. The lowest BCUT2D eigenvalue weighted by atomic mass is 10.1. The number of pyridine rings is 1. The minimum absolute atomic E-state index is 0.218. The molecule has 3 nitrogen and oxygen atoms in total. The molecule has 0 amide bonds. The number of nitrogens with zero attached hydrogens (tertiary/aromatic N) is 1. The van der Waals surface area contributed by atoms with E-state index in [4.69, 9.17) is 16.3 Å². The summed E-state index contributed by atoms with van der Waals surface area (Å²) in [6.07, 6.45) is 6.01. The van der Waals surface area contributed by atoms with Crippen molar-refractivity contribution in [3.05, 3.63) is 35.6 Å². The molecular formula is C14H15ClN2O. The Bertz CT molecular complexity index is 552. The molecule has 1 N–H and O–H groups in total. The van der Waals surface area contributed by atoms with Gasteiger partial charge in [0.2, 0.25) is 0 Å². The summed E-state index contributed by atoms with van der Waals surface area (Å²) >= 11 is 6.39. The predicted molar refractivity (Wildman–Crippen MR) is 73.3 cm³/mol. The van der Waals surface area contributed by atoms with E-state index in [9.17, 15) is 0 Å². The third kappa shape index (κ3) is 2.28. The van der Waals surface area contributed by atoms with Crippen LogP contribution in [0.2, 0.25) is 5.02 Å². The van der Waals surface area contributed by atoms with Gasteiger partial charge < -0.3 is 10.1 Å². The second kappa shape index (κ2) is 5.12. The highest BCUT2D eigenvalue weighted by atomic mass is 35.5. The monoisotopic (exact) mass is 262 g/mol. The molecule has 0 aliphatic carbocycles. The minimum atomic E-state index is 0.218. The van der Waals surface area contributed by atoms with Crippen molar-refractivity contribution in [3.63, 3.8) is 0 Å². The molecule has 2 aromatic rings. The summed E-state index contributed by atoms with van der Waals surface area (Å²) in [5.74, 6) is 0.768. The van der Waals surface area contributed by atoms with E-state index in [1.54, 1.807) is 6.20 Å². The third-order valence-electron chi connectivity index (χ3n) is 3.26. The molecule has 3 rings (SSSR count). The van der Waals surface area contributed by atoms with E-state index in [-0.39, 0.29) is 6.10 Å². The fourth-order valence-corrected chi connectivity index (χ4v) is 2.58. The molecule has 1 atom stereocenters. The van der Waals surface area contributed by atoms with E-state index in [0.717, 1.165) is 42.5 Å². The zero-order valence-corrected chi connectivity index (χ0v) is 10.8. The standard InChI is InChI=1S/C14H15ClN2O/c15-14-12-5-7-17-8-10(12)3-4-13(14)18-11-2-1-6-16-9-11/h3-5,7-8,11,16H,1-2,6,9H2. The Labute approximate surface area is 111 Å². The lowest BCUT2D eigenvalue weighted by Crippen LogP contribution is -2.37. The maximum atomic E-state index is 6.39. The molecule has 0 radical (unpaired) electrons. The fraction of sp³-hybridized carbons (Fsp3) is 0.357. The molecule has 1 aromatic carbocycles. The van der Waals surface area contributed by atoms with Crippen molar-refractivity contribution >= 4 is 22.4 Å². The normalized spacial score (nSPS) is 19.9. The van der Waals surface area contributed by atoms with Crippen molar-refractivity contribution in [2.75, 3.05) is 13.1 Å². The van der Waals surface area contributed by atoms with Crippen molar-refractivity contribution in [2.24, 2.45) is 0 Å². The van der Waals surface area contributed by atoms with Crippen LogP contribution in [0, 0.1) is 0 Å². The molecule has 0 spiro atoms. The summed E-state index contributed by atoms with van der Waals surface area (Å²) in [6.45, 7) is 1.97. The summed E-state index contributed by atoms with van der Waals surface area (Å²) in [6, 6.07) is 5.85. The summed E-state index contributed by atoms with van der Waals surface area (Å²) in [5, 5.41) is 6.05. The summed E-state index contributed by atoms with van der Waals surface area (Å²) in [7, 11) is 0. The first kappa shape index (κ1) is 11.8. The maximum absolute atomic E-state index is 6.39. The van der Waals surface area contributed by atoms with Crippen molar-refractivity contribution in [3.8, 4) is 5.75 Å². The molecule has 1 aliphatic heterocycles. The Hall–Kier alpha value is -1.32. The Morgan fingerprint density at radius 2 is 2.28 bits per heavy atom. The van der Waals surface area contributed by atoms with E-state index < -0.39 is 0 Å².